The van der Waals surface area contributed by atoms with Crippen LogP contribution in [0.15, 0.2) is 54.6 Å². The van der Waals surface area contributed by atoms with E-state index in [2.05, 4.69) is 51.6 Å². The highest BCUT2D eigenvalue weighted by Gasteiger charge is 2.21. The molecule has 1 saturated heterocycles. The molecule has 3 aromatic rings. The Labute approximate surface area is 159 Å². The highest BCUT2D eigenvalue weighted by Crippen LogP contribution is 2.17. The van der Waals surface area contributed by atoms with Gasteiger partial charge in [0.2, 0.25) is 0 Å². The Kier molecular flexibility index (Phi) is 5.23. The number of rotatable bonds is 5. The first-order valence-corrected chi connectivity index (χ1v) is 9.43. The van der Waals surface area contributed by atoms with E-state index < -0.39 is 0 Å². The number of aromatic amines is 1. The maximum atomic E-state index is 12.5. The highest BCUT2D eigenvalue weighted by molar-refractivity contribution is 5.98. The molecule has 1 fully saturated rings. The highest BCUT2D eigenvalue weighted by atomic mass is 16.5. The van der Waals surface area contributed by atoms with Crippen molar-refractivity contribution < 1.29 is 9.53 Å². The third kappa shape index (κ3) is 4.38. The number of benzene rings is 2. The molecule has 1 aliphatic heterocycles. The van der Waals surface area contributed by atoms with Gasteiger partial charge in [0.05, 0.1) is 12.7 Å². The van der Waals surface area contributed by atoms with E-state index in [0.717, 1.165) is 30.5 Å². The fourth-order valence-corrected chi connectivity index (χ4v) is 3.55. The monoisotopic (exact) mass is 363 g/mol. The molecular weight excluding hydrogens is 338 g/mol. The van der Waals surface area contributed by atoms with Crippen molar-refractivity contribution in [3.8, 4) is 0 Å². The molecule has 2 aromatic carbocycles. The number of hydrogen-bond donors (Lipinski definition) is 2. The Balaban J connectivity index is 1.32. The third-order valence-electron chi connectivity index (χ3n) is 4.98. The summed E-state index contributed by atoms with van der Waals surface area (Å²) in [4.78, 5) is 18.1. The number of nitrogens with zero attached hydrogens (tertiary/aromatic N) is 1. The number of morpholine rings is 1. The van der Waals surface area contributed by atoms with Gasteiger partial charge in [0, 0.05) is 37.1 Å². The van der Waals surface area contributed by atoms with Crippen LogP contribution in [0, 0.1) is 6.92 Å². The van der Waals surface area contributed by atoms with Gasteiger partial charge in [0.25, 0.3) is 5.91 Å². The van der Waals surface area contributed by atoms with Gasteiger partial charge in [-0.1, -0.05) is 42.5 Å². The summed E-state index contributed by atoms with van der Waals surface area (Å²) in [5.74, 6) is -0.0902. The Bertz CT molecular complexity index is 920. The van der Waals surface area contributed by atoms with Crippen molar-refractivity contribution in [1.82, 2.24) is 15.2 Å². The van der Waals surface area contributed by atoms with E-state index in [0.29, 0.717) is 18.8 Å². The summed E-state index contributed by atoms with van der Waals surface area (Å²) < 4.78 is 5.84. The van der Waals surface area contributed by atoms with E-state index in [1.807, 2.05) is 25.1 Å². The van der Waals surface area contributed by atoms with E-state index >= 15 is 0 Å². The quantitative estimate of drug-likeness (QED) is 0.732. The number of aromatic nitrogens is 1. The van der Waals surface area contributed by atoms with Gasteiger partial charge in [0.15, 0.2) is 0 Å². The molecule has 1 aromatic heterocycles. The Morgan fingerprint density at radius 2 is 2.07 bits per heavy atom. The van der Waals surface area contributed by atoms with Crippen molar-refractivity contribution >= 4 is 16.8 Å². The Morgan fingerprint density at radius 1 is 1.22 bits per heavy atom. The molecule has 2 heterocycles. The Morgan fingerprint density at radius 3 is 2.93 bits per heavy atom. The van der Waals surface area contributed by atoms with Gasteiger partial charge in [-0.3, -0.25) is 9.69 Å². The molecule has 0 saturated carbocycles. The first-order chi connectivity index (χ1) is 13.2. The predicted molar refractivity (Wildman–Crippen MR) is 107 cm³/mol. The first kappa shape index (κ1) is 17.8. The van der Waals surface area contributed by atoms with E-state index in [1.54, 1.807) is 0 Å². The van der Waals surface area contributed by atoms with E-state index in [-0.39, 0.29) is 12.0 Å². The van der Waals surface area contributed by atoms with Crippen molar-refractivity contribution in [2.45, 2.75) is 19.6 Å². The minimum atomic E-state index is -0.0902. The lowest BCUT2D eigenvalue weighted by Gasteiger charge is -2.33. The number of carbonyl (C=O) groups excluding carboxylic acids is 1. The van der Waals surface area contributed by atoms with Crippen LogP contribution in [0.3, 0.4) is 0 Å². The van der Waals surface area contributed by atoms with Gasteiger partial charge < -0.3 is 15.0 Å². The molecule has 0 radical (unpaired) electrons. The zero-order valence-corrected chi connectivity index (χ0v) is 15.6. The molecule has 4 rings (SSSR count). The van der Waals surface area contributed by atoms with E-state index in [4.69, 9.17) is 4.74 Å². The maximum absolute atomic E-state index is 12.5. The van der Waals surface area contributed by atoms with Crippen molar-refractivity contribution in [3.63, 3.8) is 0 Å². The summed E-state index contributed by atoms with van der Waals surface area (Å²) in [6, 6.07) is 18.5. The zero-order valence-electron chi connectivity index (χ0n) is 15.6. The van der Waals surface area contributed by atoms with Crippen LogP contribution in [0.1, 0.15) is 21.6 Å². The molecule has 2 N–H and O–H groups in total. The second kappa shape index (κ2) is 7.94. The van der Waals surface area contributed by atoms with Gasteiger partial charge in [0.1, 0.15) is 5.69 Å². The molecule has 5 nitrogen and oxygen atoms in total. The minimum absolute atomic E-state index is 0.0121. The number of carbonyl (C=O) groups is 1. The molecule has 0 aliphatic carbocycles. The lowest BCUT2D eigenvalue weighted by atomic mass is 10.2. The van der Waals surface area contributed by atoms with Crippen LogP contribution in [0.2, 0.25) is 0 Å². The summed E-state index contributed by atoms with van der Waals surface area (Å²) in [5, 5.41) is 4.06. The van der Waals surface area contributed by atoms with Crippen molar-refractivity contribution in [1.29, 1.82) is 0 Å². The fourth-order valence-electron chi connectivity index (χ4n) is 3.55. The minimum Gasteiger partial charge on any atom is -0.374 e. The van der Waals surface area contributed by atoms with E-state index in [9.17, 15) is 4.79 Å². The Hall–Kier alpha value is -2.63. The molecule has 5 heteroatoms. The van der Waals surface area contributed by atoms with Gasteiger partial charge in [-0.2, -0.15) is 0 Å². The van der Waals surface area contributed by atoms with E-state index in [1.165, 1.54) is 11.1 Å². The normalized spacial score (nSPS) is 17.9. The maximum Gasteiger partial charge on any atom is 0.267 e. The molecule has 140 valence electrons. The van der Waals surface area contributed by atoms with Crippen molar-refractivity contribution in [3.05, 3.63) is 71.4 Å². The molecular formula is C22H25N3O2. The lowest BCUT2D eigenvalue weighted by molar-refractivity contribution is -0.0292. The average Bonchev–Trinajstić information content (AvgIpc) is 3.10. The van der Waals surface area contributed by atoms with Crippen molar-refractivity contribution in [2.75, 3.05) is 26.2 Å². The summed E-state index contributed by atoms with van der Waals surface area (Å²) in [6.07, 6.45) is 0.0121. The molecule has 0 spiro atoms. The SMILES string of the molecule is Cc1ccc2cc(C(=O)NCC3CN(Cc4ccccc4)CCO3)[nH]c2c1. The molecule has 1 unspecified atom stereocenters. The number of nitrogens with one attached hydrogen (secondary N) is 2. The van der Waals surface area contributed by atoms with Crippen LogP contribution in [-0.4, -0.2) is 48.1 Å². The second-order valence-corrected chi connectivity index (χ2v) is 7.20. The summed E-state index contributed by atoms with van der Waals surface area (Å²) in [6.45, 7) is 5.90. The number of amides is 1. The number of H-pyrrole nitrogens is 1. The number of ether oxygens (including phenoxy) is 1. The topological polar surface area (TPSA) is 57.4 Å². The average molecular weight is 363 g/mol. The fraction of sp³-hybridized carbons (Fsp3) is 0.318. The van der Waals surface area contributed by atoms with Crippen LogP contribution in [0.25, 0.3) is 10.9 Å². The standard InChI is InChI=1S/C22H25N3O2/c1-16-7-8-18-12-21(24-20(18)11-16)22(26)23-13-19-15-25(9-10-27-19)14-17-5-3-2-4-6-17/h2-8,11-12,19,24H,9-10,13-15H2,1H3,(H,23,26). The van der Waals surface area contributed by atoms with Gasteiger partial charge in [-0.15, -0.1) is 0 Å². The smallest absolute Gasteiger partial charge is 0.267 e. The van der Waals surface area contributed by atoms with Crippen LogP contribution in [-0.2, 0) is 11.3 Å². The van der Waals surface area contributed by atoms with Crippen LogP contribution in [0.5, 0.6) is 0 Å². The van der Waals surface area contributed by atoms with Crippen LogP contribution in [0.4, 0.5) is 0 Å². The molecule has 27 heavy (non-hydrogen) atoms. The third-order valence-corrected chi connectivity index (χ3v) is 4.98. The van der Waals surface area contributed by atoms with Crippen LogP contribution >= 0.6 is 0 Å². The van der Waals surface area contributed by atoms with Crippen LogP contribution < -0.4 is 5.32 Å². The zero-order chi connectivity index (χ0) is 18.6. The molecule has 1 atom stereocenters. The number of aryl methyl sites for hydroxylation is 1. The number of fused-ring (bicyclic) bond motifs is 1. The number of hydrogen-bond acceptors (Lipinski definition) is 3. The van der Waals surface area contributed by atoms with Gasteiger partial charge in [-0.25, -0.2) is 0 Å². The van der Waals surface area contributed by atoms with Crippen molar-refractivity contribution in [2.24, 2.45) is 0 Å². The lowest BCUT2D eigenvalue weighted by Crippen LogP contribution is -2.47. The summed E-state index contributed by atoms with van der Waals surface area (Å²) in [7, 11) is 0. The first-order valence-electron chi connectivity index (χ1n) is 9.43. The predicted octanol–water partition coefficient (Wildman–Crippen LogP) is 3.11. The summed E-state index contributed by atoms with van der Waals surface area (Å²) in [5.41, 5.74) is 4.05. The second-order valence-electron chi connectivity index (χ2n) is 7.20. The van der Waals surface area contributed by atoms with Gasteiger partial charge in [-0.05, 0) is 30.2 Å². The van der Waals surface area contributed by atoms with Gasteiger partial charge >= 0.3 is 0 Å². The summed E-state index contributed by atoms with van der Waals surface area (Å²) >= 11 is 0. The molecule has 1 aliphatic rings. The molecule has 1 amide bonds. The largest absolute Gasteiger partial charge is 0.374 e. The molecule has 0 bridgehead atoms.